The minimum absolute atomic E-state index is 0. The normalized spacial score (nSPS) is 17.9. The molecule has 0 aromatic rings. The van der Waals surface area contributed by atoms with Gasteiger partial charge < -0.3 is 11.1 Å². The monoisotopic (exact) mass is 336 g/mol. The predicted molar refractivity (Wildman–Crippen MR) is 96.3 cm³/mol. The van der Waals surface area contributed by atoms with Crippen LogP contribution < -0.4 is 11.1 Å². The predicted octanol–water partition coefficient (Wildman–Crippen LogP) is 3.75. The third kappa shape index (κ3) is 5.99. The molecule has 0 spiro atoms. The van der Waals surface area contributed by atoms with E-state index in [0.29, 0.717) is 13.0 Å². The highest BCUT2D eigenvalue weighted by atomic mass is 35.5. The molecule has 1 aliphatic rings. The van der Waals surface area contributed by atoms with Gasteiger partial charge in [-0.25, -0.2) is 0 Å². The molecule has 21 heavy (non-hydrogen) atoms. The van der Waals surface area contributed by atoms with Crippen molar-refractivity contribution in [3.05, 3.63) is 0 Å². The van der Waals surface area contributed by atoms with Gasteiger partial charge in [-0.2, -0.15) is 11.8 Å². The zero-order valence-corrected chi connectivity index (χ0v) is 15.5. The molecule has 1 amide bonds. The van der Waals surface area contributed by atoms with Gasteiger partial charge in [-0.15, -0.1) is 12.4 Å². The molecule has 0 bridgehead atoms. The van der Waals surface area contributed by atoms with Crippen molar-refractivity contribution in [1.29, 1.82) is 0 Å². The van der Waals surface area contributed by atoms with E-state index in [2.05, 4.69) is 25.4 Å². The van der Waals surface area contributed by atoms with E-state index in [1.54, 1.807) is 0 Å². The van der Waals surface area contributed by atoms with Crippen molar-refractivity contribution >= 4 is 30.1 Å². The molecule has 0 heterocycles. The first-order valence-corrected chi connectivity index (χ1v) is 9.30. The second-order valence-corrected chi connectivity index (χ2v) is 7.59. The highest BCUT2D eigenvalue weighted by molar-refractivity contribution is 8.00. The standard InChI is InChI=1S/C16H32N2OS.ClH/c1-4-16(5-2,20-3)13-18-14(19)11-15(12-17)9-7-6-8-10-15;/h4-13,17H2,1-3H3,(H,18,19);1H. The Balaban J connectivity index is 0.00000400. The second-order valence-electron chi connectivity index (χ2n) is 6.31. The van der Waals surface area contributed by atoms with Crippen LogP contribution in [0.5, 0.6) is 0 Å². The van der Waals surface area contributed by atoms with Gasteiger partial charge in [-0.1, -0.05) is 33.1 Å². The number of thioether (sulfide) groups is 1. The van der Waals surface area contributed by atoms with Crippen LogP contribution >= 0.6 is 24.2 Å². The molecule has 1 saturated carbocycles. The fourth-order valence-corrected chi connectivity index (χ4v) is 4.07. The molecule has 1 aliphatic carbocycles. The van der Waals surface area contributed by atoms with Gasteiger partial charge in [0.15, 0.2) is 0 Å². The Hall–Kier alpha value is 0.0700. The number of nitrogens with two attached hydrogens (primary N) is 1. The van der Waals surface area contributed by atoms with Gasteiger partial charge in [0.05, 0.1) is 0 Å². The summed E-state index contributed by atoms with van der Waals surface area (Å²) in [6.07, 6.45) is 10.9. The summed E-state index contributed by atoms with van der Waals surface area (Å²) in [6.45, 7) is 5.83. The molecule has 3 N–H and O–H groups in total. The molecule has 0 aliphatic heterocycles. The van der Waals surface area contributed by atoms with Gasteiger partial charge in [-0.3, -0.25) is 4.79 Å². The SMILES string of the molecule is CCC(CC)(CNC(=O)CC1(CN)CCCCC1)SC.Cl. The summed E-state index contributed by atoms with van der Waals surface area (Å²) in [5, 5.41) is 3.17. The van der Waals surface area contributed by atoms with Crippen LogP contribution in [0.15, 0.2) is 0 Å². The highest BCUT2D eigenvalue weighted by Gasteiger charge is 2.33. The molecule has 0 aromatic carbocycles. The van der Waals surface area contributed by atoms with E-state index in [9.17, 15) is 4.79 Å². The van der Waals surface area contributed by atoms with Gasteiger partial charge in [0.25, 0.3) is 0 Å². The van der Waals surface area contributed by atoms with Gasteiger partial charge in [0, 0.05) is 17.7 Å². The van der Waals surface area contributed by atoms with E-state index in [0.717, 1.165) is 32.2 Å². The van der Waals surface area contributed by atoms with Crippen molar-refractivity contribution in [2.75, 3.05) is 19.3 Å². The van der Waals surface area contributed by atoms with Gasteiger partial charge in [0.2, 0.25) is 5.91 Å². The van der Waals surface area contributed by atoms with Gasteiger partial charge in [0.1, 0.15) is 0 Å². The zero-order valence-electron chi connectivity index (χ0n) is 13.9. The molecule has 5 heteroatoms. The lowest BCUT2D eigenvalue weighted by Crippen LogP contribution is -2.43. The minimum Gasteiger partial charge on any atom is -0.355 e. The lowest BCUT2D eigenvalue weighted by Gasteiger charge is -2.36. The van der Waals surface area contributed by atoms with Crippen LogP contribution in [0, 0.1) is 5.41 Å². The second kappa shape index (κ2) is 9.96. The van der Waals surface area contributed by atoms with Gasteiger partial charge in [-0.05, 0) is 43.9 Å². The van der Waals surface area contributed by atoms with Crippen LogP contribution in [0.2, 0.25) is 0 Å². The van der Waals surface area contributed by atoms with E-state index in [4.69, 9.17) is 5.73 Å². The smallest absolute Gasteiger partial charge is 0.220 e. The summed E-state index contributed by atoms with van der Waals surface area (Å²) < 4.78 is 0.193. The zero-order chi connectivity index (χ0) is 15.1. The largest absolute Gasteiger partial charge is 0.355 e. The van der Waals surface area contributed by atoms with E-state index < -0.39 is 0 Å². The van der Waals surface area contributed by atoms with Crippen LogP contribution in [0.3, 0.4) is 0 Å². The third-order valence-corrected chi connectivity index (χ3v) is 6.80. The Labute approximate surface area is 141 Å². The quantitative estimate of drug-likeness (QED) is 0.709. The number of hydrogen-bond donors (Lipinski definition) is 2. The summed E-state index contributed by atoms with van der Waals surface area (Å²) in [5.74, 6) is 0.192. The topological polar surface area (TPSA) is 55.1 Å². The Morgan fingerprint density at radius 2 is 1.81 bits per heavy atom. The molecule has 0 saturated heterocycles. The van der Waals surface area contributed by atoms with E-state index in [1.807, 2.05) is 11.8 Å². The number of carbonyl (C=O) groups is 1. The maximum absolute atomic E-state index is 12.3. The first-order valence-electron chi connectivity index (χ1n) is 8.07. The Morgan fingerprint density at radius 1 is 1.24 bits per heavy atom. The minimum atomic E-state index is 0. The number of nitrogens with one attached hydrogen (secondary N) is 1. The molecule has 0 radical (unpaired) electrons. The van der Waals surface area contributed by atoms with Crippen molar-refractivity contribution in [3.63, 3.8) is 0 Å². The van der Waals surface area contributed by atoms with Crippen LogP contribution in [0.4, 0.5) is 0 Å². The molecule has 1 fully saturated rings. The first kappa shape index (κ1) is 21.1. The number of halogens is 1. The van der Waals surface area contributed by atoms with Crippen LogP contribution in [-0.2, 0) is 4.79 Å². The molecule has 126 valence electrons. The lowest BCUT2D eigenvalue weighted by atomic mass is 9.71. The molecular weight excluding hydrogens is 304 g/mol. The number of rotatable bonds is 8. The van der Waals surface area contributed by atoms with Crippen LogP contribution in [0.1, 0.15) is 65.2 Å². The summed E-state index contributed by atoms with van der Waals surface area (Å²) in [4.78, 5) is 12.3. The van der Waals surface area contributed by atoms with Crippen LogP contribution in [-0.4, -0.2) is 30.0 Å². The van der Waals surface area contributed by atoms with Crippen molar-refractivity contribution in [2.45, 2.75) is 70.0 Å². The van der Waals surface area contributed by atoms with Gasteiger partial charge >= 0.3 is 0 Å². The van der Waals surface area contributed by atoms with E-state index in [-0.39, 0.29) is 28.5 Å². The van der Waals surface area contributed by atoms with E-state index >= 15 is 0 Å². The highest BCUT2D eigenvalue weighted by Crippen LogP contribution is 2.38. The molecule has 3 nitrogen and oxygen atoms in total. The fraction of sp³-hybridized carbons (Fsp3) is 0.938. The summed E-state index contributed by atoms with van der Waals surface area (Å²) in [6, 6.07) is 0. The third-order valence-electron chi connectivity index (χ3n) is 5.21. The molecular formula is C16H33ClN2OS. The summed E-state index contributed by atoms with van der Waals surface area (Å²) in [5.41, 5.74) is 6.04. The maximum Gasteiger partial charge on any atom is 0.220 e. The lowest BCUT2D eigenvalue weighted by molar-refractivity contribution is -0.124. The van der Waals surface area contributed by atoms with Crippen molar-refractivity contribution < 1.29 is 4.79 Å². The Morgan fingerprint density at radius 3 is 2.24 bits per heavy atom. The maximum atomic E-state index is 12.3. The average Bonchev–Trinajstić information content (AvgIpc) is 2.50. The summed E-state index contributed by atoms with van der Waals surface area (Å²) in [7, 11) is 0. The van der Waals surface area contributed by atoms with E-state index in [1.165, 1.54) is 19.3 Å². The molecule has 0 unspecified atom stereocenters. The first-order chi connectivity index (χ1) is 9.55. The van der Waals surface area contributed by atoms with Crippen molar-refractivity contribution in [3.8, 4) is 0 Å². The Kier molecular flexibility index (Phi) is 9.99. The van der Waals surface area contributed by atoms with Crippen molar-refractivity contribution in [1.82, 2.24) is 5.32 Å². The average molecular weight is 337 g/mol. The molecule has 0 atom stereocenters. The Bertz CT molecular complexity index is 294. The van der Waals surface area contributed by atoms with Crippen molar-refractivity contribution in [2.24, 2.45) is 11.1 Å². The fourth-order valence-electron chi connectivity index (χ4n) is 3.28. The number of carbonyl (C=O) groups excluding carboxylic acids is 1. The summed E-state index contributed by atoms with van der Waals surface area (Å²) >= 11 is 1.87. The number of amides is 1. The molecule has 1 rings (SSSR count). The van der Waals surface area contributed by atoms with Crippen LogP contribution in [0.25, 0.3) is 0 Å². The molecule has 0 aromatic heterocycles. The number of hydrogen-bond acceptors (Lipinski definition) is 3.